The highest BCUT2D eigenvalue weighted by Gasteiger charge is 2.57. The summed E-state index contributed by atoms with van der Waals surface area (Å²) in [4.78, 5) is 0. The van der Waals surface area contributed by atoms with Crippen molar-refractivity contribution in [3.05, 3.63) is 23.8 Å². The first-order valence-corrected chi connectivity index (χ1v) is 12.7. The van der Waals surface area contributed by atoms with Gasteiger partial charge in [0, 0.05) is 0 Å². The SMILES string of the molecule is CC(C)[C@@H](C)/C=C/[C@@H](C)C1CCC2C3=CCC4CCCC[C@]4(C)C3CC[C@@]21C. The average Bonchev–Trinajstić information content (AvgIpc) is 3.02. The van der Waals surface area contributed by atoms with E-state index < -0.39 is 0 Å². The van der Waals surface area contributed by atoms with Crippen LogP contribution in [0.4, 0.5) is 0 Å². The Balaban J connectivity index is 1.54. The van der Waals surface area contributed by atoms with E-state index in [9.17, 15) is 0 Å². The Morgan fingerprint density at radius 3 is 2.36 bits per heavy atom. The lowest BCUT2D eigenvalue weighted by Gasteiger charge is -2.57. The second-order valence-corrected chi connectivity index (χ2v) is 12.1. The second kappa shape index (κ2) is 7.63. The first-order valence-electron chi connectivity index (χ1n) is 12.7. The Kier molecular flexibility index (Phi) is 5.65. The van der Waals surface area contributed by atoms with Crippen molar-refractivity contribution in [3.63, 3.8) is 0 Å². The van der Waals surface area contributed by atoms with Gasteiger partial charge in [0.15, 0.2) is 0 Å². The van der Waals surface area contributed by atoms with Gasteiger partial charge in [0.05, 0.1) is 0 Å². The van der Waals surface area contributed by atoms with Crippen LogP contribution in [0.5, 0.6) is 0 Å². The Morgan fingerprint density at radius 2 is 1.61 bits per heavy atom. The highest BCUT2D eigenvalue weighted by molar-refractivity contribution is 5.27. The quantitative estimate of drug-likeness (QED) is 0.428. The number of allylic oxidation sites excluding steroid dienone is 4. The predicted molar refractivity (Wildman–Crippen MR) is 122 cm³/mol. The molecule has 3 saturated carbocycles. The van der Waals surface area contributed by atoms with E-state index in [0.717, 1.165) is 35.5 Å². The summed E-state index contributed by atoms with van der Waals surface area (Å²) in [5.41, 5.74) is 3.11. The van der Waals surface area contributed by atoms with E-state index in [1.807, 2.05) is 5.57 Å². The molecular weight excluding hydrogens is 336 g/mol. The summed E-state index contributed by atoms with van der Waals surface area (Å²) in [5, 5.41) is 0. The van der Waals surface area contributed by atoms with Gasteiger partial charge in [-0.2, -0.15) is 0 Å². The minimum Gasteiger partial charge on any atom is -0.0852 e. The van der Waals surface area contributed by atoms with E-state index in [1.54, 1.807) is 0 Å². The Labute approximate surface area is 175 Å². The van der Waals surface area contributed by atoms with Crippen LogP contribution in [-0.2, 0) is 0 Å². The number of fused-ring (bicyclic) bond motifs is 5. The zero-order chi connectivity index (χ0) is 20.1. The highest BCUT2D eigenvalue weighted by Crippen LogP contribution is 2.66. The van der Waals surface area contributed by atoms with E-state index >= 15 is 0 Å². The first kappa shape index (κ1) is 20.7. The summed E-state index contributed by atoms with van der Waals surface area (Å²) in [7, 11) is 0. The highest BCUT2D eigenvalue weighted by atomic mass is 14.6. The summed E-state index contributed by atoms with van der Waals surface area (Å²) < 4.78 is 0. The van der Waals surface area contributed by atoms with E-state index in [0.29, 0.717) is 16.7 Å². The molecule has 0 aromatic carbocycles. The summed E-state index contributed by atoms with van der Waals surface area (Å²) in [6, 6.07) is 0. The van der Waals surface area contributed by atoms with Crippen LogP contribution >= 0.6 is 0 Å². The van der Waals surface area contributed by atoms with Gasteiger partial charge in [0.25, 0.3) is 0 Å². The van der Waals surface area contributed by atoms with Crippen molar-refractivity contribution >= 4 is 0 Å². The molecule has 0 N–H and O–H groups in total. The molecule has 4 unspecified atom stereocenters. The topological polar surface area (TPSA) is 0 Å². The molecule has 4 aliphatic rings. The monoisotopic (exact) mass is 382 g/mol. The third-order valence-electron chi connectivity index (χ3n) is 10.5. The van der Waals surface area contributed by atoms with Gasteiger partial charge in [0.2, 0.25) is 0 Å². The Hall–Kier alpha value is -0.520. The van der Waals surface area contributed by atoms with Crippen LogP contribution in [-0.4, -0.2) is 0 Å². The second-order valence-electron chi connectivity index (χ2n) is 12.1. The maximum Gasteiger partial charge on any atom is -0.0143 e. The molecule has 0 nitrogen and oxygen atoms in total. The lowest BCUT2D eigenvalue weighted by Crippen LogP contribution is -2.48. The van der Waals surface area contributed by atoms with Crippen molar-refractivity contribution in [2.45, 2.75) is 99.3 Å². The fourth-order valence-electron chi connectivity index (χ4n) is 8.16. The fourth-order valence-corrected chi connectivity index (χ4v) is 8.16. The average molecular weight is 383 g/mol. The van der Waals surface area contributed by atoms with Crippen molar-refractivity contribution in [2.24, 2.45) is 52.3 Å². The molecule has 0 aliphatic heterocycles. The van der Waals surface area contributed by atoms with E-state index in [1.165, 1.54) is 57.8 Å². The van der Waals surface area contributed by atoms with Gasteiger partial charge >= 0.3 is 0 Å². The largest absolute Gasteiger partial charge is 0.0852 e. The van der Waals surface area contributed by atoms with E-state index in [-0.39, 0.29) is 0 Å². The predicted octanol–water partition coefficient (Wildman–Crippen LogP) is 8.44. The molecule has 0 aromatic rings. The van der Waals surface area contributed by atoms with Gasteiger partial charge < -0.3 is 0 Å². The summed E-state index contributed by atoms with van der Waals surface area (Å²) in [5.74, 6) is 5.84. The minimum atomic E-state index is 0.547. The first-order chi connectivity index (χ1) is 13.3. The lowest BCUT2D eigenvalue weighted by atomic mass is 9.48. The van der Waals surface area contributed by atoms with Crippen molar-refractivity contribution in [1.82, 2.24) is 0 Å². The number of rotatable bonds is 4. The summed E-state index contributed by atoms with van der Waals surface area (Å²) in [6.07, 6.45) is 21.1. The molecule has 0 radical (unpaired) electrons. The van der Waals surface area contributed by atoms with Gasteiger partial charge in [0.1, 0.15) is 0 Å². The van der Waals surface area contributed by atoms with Gasteiger partial charge in [-0.05, 0) is 97.2 Å². The molecule has 8 atom stereocenters. The van der Waals surface area contributed by atoms with Crippen LogP contribution in [0.3, 0.4) is 0 Å². The molecule has 158 valence electrons. The molecule has 0 aromatic heterocycles. The minimum absolute atomic E-state index is 0.547. The third kappa shape index (κ3) is 3.26. The molecule has 0 spiro atoms. The van der Waals surface area contributed by atoms with Gasteiger partial charge in [-0.25, -0.2) is 0 Å². The van der Waals surface area contributed by atoms with Gasteiger partial charge in [-0.15, -0.1) is 0 Å². The number of hydrogen-bond donors (Lipinski definition) is 0. The molecule has 4 aliphatic carbocycles. The van der Waals surface area contributed by atoms with Crippen molar-refractivity contribution in [2.75, 3.05) is 0 Å². The molecule has 0 heterocycles. The van der Waals surface area contributed by atoms with Crippen LogP contribution in [0, 0.1) is 52.3 Å². The Morgan fingerprint density at radius 1 is 0.857 bits per heavy atom. The molecule has 4 rings (SSSR count). The summed E-state index contributed by atoms with van der Waals surface area (Å²) in [6.45, 7) is 15.0. The van der Waals surface area contributed by atoms with Crippen LogP contribution in [0.1, 0.15) is 99.3 Å². The van der Waals surface area contributed by atoms with Crippen LogP contribution in [0.25, 0.3) is 0 Å². The van der Waals surface area contributed by atoms with Crippen molar-refractivity contribution in [3.8, 4) is 0 Å². The normalized spacial score (nSPS) is 45.3. The van der Waals surface area contributed by atoms with Crippen LogP contribution in [0.15, 0.2) is 23.8 Å². The van der Waals surface area contributed by atoms with E-state index in [2.05, 4.69) is 59.8 Å². The molecule has 28 heavy (non-hydrogen) atoms. The molecule has 3 fully saturated rings. The fraction of sp³-hybridized carbons (Fsp3) is 0.857. The van der Waals surface area contributed by atoms with Crippen molar-refractivity contribution in [1.29, 1.82) is 0 Å². The standard InChI is InChI=1S/C28H46/c1-19(2)20(3)10-11-21(4)24-14-15-25-23-13-12-22-9-7-8-17-27(22,5)26(23)16-18-28(24,25)6/h10-11,13,19-22,24-26H,7-9,12,14-18H2,1-6H3/b11-10+/t20-,21+,22?,24?,25?,26?,27-,28+/m0/s1. The molecular formula is C28H46. The van der Waals surface area contributed by atoms with Crippen molar-refractivity contribution < 1.29 is 0 Å². The molecule has 0 bridgehead atoms. The molecule has 0 heteroatoms. The smallest absolute Gasteiger partial charge is 0.0143 e. The van der Waals surface area contributed by atoms with E-state index in [4.69, 9.17) is 0 Å². The third-order valence-corrected chi connectivity index (χ3v) is 10.5. The zero-order valence-corrected chi connectivity index (χ0v) is 19.6. The molecule has 0 saturated heterocycles. The number of hydrogen-bond acceptors (Lipinski definition) is 0. The van der Waals surface area contributed by atoms with Crippen LogP contribution < -0.4 is 0 Å². The van der Waals surface area contributed by atoms with Crippen LogP contribution in [0.2, 0.25) is 0 Å². The maximum absolute atomic E-state index is 2.77. The lowest BCUT2D eigenvalue weighted by molar-refractivity contribution is -0.00481. The maximum atomic E-state index is 2.77. The molecule has 0 amide bonds. The zero-order valence-electron chi connectivity index (χ0n) is 19.6. The Bertz CT molecular complexity index is 624. The summed E-state index contributed by atoms with van der Waals surface area (Å²) >= 11 is 0. The van der Waals surface area contributed by atoms with Gasteiger partial charge in [-0.3, -0.25) is 0 Å². The van der Waals surface area contributed by atoms with Gasteiger partial charge in [-0.1, -0.05) is 78.2 Å².